The van der Waals surface area contributed by atoms with Crippen LogP contribution in [0.1, 0.15) is 32.3 Å². The summed E-state index contributed by atoms with van der Waals surface area (Å²) in [4.78, 5) is 11.6. The van der Waals surface area contributed by atoms with Crippen LogP contribution in [0.5, 0.6) is 0 Å². The monoisotopic (exact) mass is 247 g/mol. The summed E-state index contributed by atoms with van der Waals surface area (Å²) < 4.78 is 5.04. The number of nitrogens with one attached hydrogen (secondary N) is 1. The molecule has 0 saturated heterocycles. The van der Waals surface area contributed by atoms with Crippen LogP contribution in [0.3, 0.4) is 0 Å². The SMILES string of the molecule is CCOC(=O)CC1(NCc2ccccc2)CC1C. The molecule has 3 nitrogen and oxygen atoms in total. The lowest BCUT2D eigenvalue weighted by atomic mass is 10.1. The van der Waals surface area contributed by atoms with Gasteiger partial charge >= 0.3 is 5.97 Å². The minimum absolute atomic E-state index is 0.0396. The number of carbonyl (C=O) groups excluding carboxylic acids is 1. The minimum atomic E-state index is -0.0950. The van der Waals surface area contributed by atoms with Crippen LogP contribution in [0.2, 0.25) is 0 Å². The molecule has 0 spiro atoms. The first-order valence-corrected chi connectivity index (χ1v) is 6.61. The predicted octanol–water partition coefficient (Wildman–Crippen LogP) is 2.51. The second-order valence-electron chi connectivity index (χ2n) is 5.08. The van der Waals surface area contributed by atoms with Crippen molar-refractivity contribution in [1.82, 2.24) is 5.32 Å². The van der Waals surface area contributed by atoms with E-state index < -0.39 is 0 Å². The molecule has 1 aliphatic rings. The first-order chi connectivity index (χ1) is 8.66. The Bertz CT molecular complexity index is 404. The molecule has 0 aliphatic heterocycles. The molecule has 2 unspecified atom stereocenters. The van der Waals surface area contributed by atoms with Crippen molar-refractivity contribution >= 4 is 5.97 Å². The first-order valence-electron chi connectivity index (χ1n) is 6.61. The summed E-state index contributed by atoms with van der Waals surface area (Å²) in [5.41, 5.74) is 1.21. The molecule has 1 aliphatic carbocycles. The van der Waals surface area contributed by atoms with Crippen LogP contribution in [0, 0.1) is 5.92 Å². The molecule has 1 fully saturated rings. The van der Waals surface area contributed by atoms with Gasteiger partial charge in [-0.2, -0.15) is 0 Å². The van der Waals surface area contributed by atoms with Crippen molar-refractivity contribution in [2.75, 3.05) is 6.61 Å². The standard InChI is InChI=1S/C15H21NO2/c1-3-18-14(17)10-15(9-12(15)2)16-11-13-7-5-4-6-8-13/h4-8,12,16H,3,9-11H2,1-2H3. The zero-order valence-corrected chi connectivity index (χ0v) is 11.1. The number of hydrogen-bond acceptors (Lipinski definition) is 3. The van der Waals surface area contributed by atoms with E-state index in [0.29, 0.717) is 18.9 Å². The molecular weight excluding hydrogens is 226 g/mol. The number of esters is 1. The normalized spacial score (nSPS) is 25.8. The van der Waals surface area contributed by atoms with Gasteiger partial charge in [0.05, 0.1) is 13.0 Å². The first kappa shape index (κ1) is 13.1. The molecule has 1 aromatic rings. The van der Waals surface area contributed by atoms with Gasteiger partial charge in [0.1, 0.15) is 0 Å². The fourth-order valence-electron chi connectivity index (χ4n) is 2.39. The molecular formula is C15H21NO2. The van der Waals surface area contributed by atoms with E-state index in [0.717, 1.165) is 13.0 Å². The predicted molar refractivity (Wildman–Crippen MR) is 71.0 cm³/mol. The van der Waals surface area contributed by atoms with E-state index in [1.54, 1.807) is 0 Å². The lowest BCUT2D eigenvalue weighted by Crippen LogP contribution is -2.35. The van der Waals surface area contributed by atoms with E-state index in [-0.39, 0.29) is 11.5 Å². The lowest BCUT2D eigenvalue weighted by Gasteiger charge is -2.18. The van der Waals surface area contributed by atoms with Gasteiger partial charge in [-0.15, -0.1) is 0 Å². The largest absolute Gasteiger partial charge is 0.466 e. The molecule has 3 heteroatoms. The van der Waals surface area contributed by atoms with Gasteiger partial charge < -0.3 is 10.1 Å². The summed E-state index contributed by atoms with van der Waals surface area (Å²) in [6.45, 7) is 5.29. The number of carbonyl (C=O) groups is 1. The Hall–Kier alpha value is -1.35. The third-order valence-electron chi connectivity index (χ3n) is 3.71. The fraction of sp³-hybridized carbons (Fsp3) is 0.533. The molecule has 2 atom stereocenters. The van der Waals surface area contributed by atoms with Crippen molar-refractivity contribution in [3.8, 4) is 0 Å². The van der Waals surface area contributed by atoms with E-state index >= 15 is 0 Å². The van der Waals surface area contributed by atoms with Crippen molar-refractivity contribution in [3.63, 3.8) is 0 Å². The molecule has 0 radical (unpaired) electrons. The van der Waals surface area contributed by atoms with Crippen LogP contribution >= 0.6 is 0 Å². The Morgan fingerprint density at radius 1 is 1.44 bits per heavy atom. The molecule has 0 aromatic heterocycles. The number of hydrogen-bond donors (Lipinski definition) is 1. The van der Waals surface area contributed by atoms with Crippen LogP contribution in [0.15, 0.2) is 30.3 Å². The smallest absolute Gasteiger partial charge is 0.307 e. The summed E-state index contributed by atoms with van der Waals surface area (Å²) in [6, 6.07) is 10.3. The molecule has 1 saturated carbocycles. The highest BCUT2D eigenvalue weighted by molar-refractivity contribution is 5.71. The van der Waals surface area contributed by atoms with Crippen LogP contribution in [-0.2, 0) is 16.1 Å². The van der Waals surface area contributed by atoms with Gasteiger partial charge in [-0.3, -0.25) is 4.79 Å². The average molecular weight is 247 g/mol. The second kappa shape index (κ2) is 5.53. The Morgan fingerprint density at radius 2 is 2.11 bits per heavy atom. The van der Waals surface area contributed by atoms with Gasteiger partial charge in [0.2, 0.25) is 0 Å². The van der Waals surface area contributed by atoms with Crippen molar-refractivity contribution in [3.05, 3.63) is 35.9 Å². The average Bonchev–Trinajstić information content (AvgIpc) is 2.99. The van der Waals surface area contributed by atoms with E-state index in [1.807, 2.05) is 25.1 Å². The van der Waals surface area contributed by atoms with Gasteiger partial charge in [0, 0.05) is 12.1 Å². The molecule has 0 bridgehead atoms. The second-order valence-corrected chi connectivity index (χ2v) is 5.08. The van der Waals surface area contributed by atoms with Crippen molar-refractivity contribution in [2.24, 2.45) is 5.92 Å². The van der Waals surface area contributed by atoms with Gasteiger partial charge in [0.25, 0.3) is 0 Å². The highest BCUT2D eigenvalue weighted by Gasteiger charge is 2.52. The summed E-state index contributed by atoms with van der Waals surface area (Å²) >= 11 is 0. The number of benzene rings is 1. The summed E-state index contributed by atoms with van der Waals surface area (Å²) in [7, 11) is 0. The third kappa shape index (κ3) is 3.10. The zero-order valence-electron chi connectivity index (χ0n) is 11.1. The minimum Gasteiger partial charge on any atom is -0.466 e. The maximum atomic E-state index is 11.6. The van der Waals surface area contributed by atoms with E-state index in [9.17, 15) is 4.79 Å². The number of ether oxygens (including phenoxy) is 1. The molecule has 0 amide bonds. The van der Waals surface area contributed by atoms with Gasteiger partial charge in [-0.05, 0) is 24.8 Å². The Morgan fingerprint density at radius 3 is 2.67 bits per heavy atom. The van der Waals surface area contributed by atoms with Crippen molar-refractivity contribution < 1.29 is 9.53 Å². The summed E-state index contributed by atoms with van der Waals surface area (Å²) in [5, 5.41) is 3.52. The zero-order chi connectivity index (χ0) is 13.0. The third-order valence-corrected chi connectivity index (χ3v) is 3.71. The highest BCUT2D eigenvalue weighted by Crippen LogP contribution is 2.46. The molecule has 1 N–H and O–H groups in total. The molecule has 2 rings (SSSR count). The Labute approximate surface area is 109 Å². The quantitative estimate of drug-likeness (QED) is 0.785. The maximum Gasteiger partial charge on any atom is 0.307 e. The maximum absolute atomic E-state index is 11.6. The topological polar surface area (TPSA) is 38.3 Å². The van der Waals surface area contributed by atoms with Crippen LogP contribution in [0.4, 0.5) is 0 Å². The van der Waals surface area contributed by atoms with E-state index in [2.05, 4.69) is 24.4 Å². The summed E-state index contributed by atoms with van der Waals surface area (Å²) in [5.74, 6) is 0.452. The van der Waals surface area contributed by atoms with Gasteiger partial charge in [-0.25, -0.2) is 0 Å². The Balaban J connectivity index is 1.88. The Kier molecular flexibility index (Phi) is 4.02. The van der Waals surface area contributed by atoms with E-state index in [4.69, 9.17) is 4.74 Å². The molecule has 98 valence electrons. The summed E-state index contributed by atoms with van der Waals surface area (Å²) in [6.07, 6.45) is 1.54. The van der Waals surface area contributed by atoms with Crippen LogP contribution in [-0.4, -0.2) is 18.1 Å². The highest BCUT2D eigenvalue weighted by atomic mass is 16.5. The van der Waals surface area contributed by atoms with Crippen LogP contribution < -0.4 is 5.32 Å². The van der Waals surface area contributed by atoms with E-state index in [1.165, 1.54) is 5.56 Å². The van der Waals surface area contributed by atoms with Gasteiger partial charge in [-0.1, -0.05) is 37.3 Å². The van der Waals surface area contributed by atoms with Crippen molar-refractivity contribution in [1.29, 1.82) is 0 Å². The fourth-order valence-corrected chi connectivity index (χ4v) is 2.39. The van der Waals surface area contributed by atoms with Crippen molar-refractivity contribution in [2.45, 2.75) is 38.8 Å². The van der Waals surface area contributed by atoms with Crippen LogP contribution in [0.25, 0.3) is 0 Å². The lowest BCUT2D eigenvalue weighted by molar-refractivity contribution is -0.144. The number of rotatable bonds is 6. The molecule has 0 heterocycles. The molecule has 1 aromatic carbocycles. The molecule has 18 heavy (non-hydrogen) atoms. The van der Waals surface area contributed by atoms with Gasteiger partial charge in [0.15, 0.2) is 0 Å².